The van der Waals surface area contributed by atoms with Crippen molar-refractivity contribution in [3.8, 4) is 11.4 Å². The summed E-state index contributed by atoms with van der Waals surface area (Å²) in [7, 11) is 0. The van der Waals surface area contributed by atoms with E-state index in [9.17, 15) is 0 Å². The number of fused-ring (bicyclic) bond motifs is 1. The van der Waals surface area contributed by atoms with Gasteiger partial charge in [-0.15, -0.1) is 0 Å². The fourth-order valence-corrected chi connectivity index (χ4v) is 4.03. The highest BCUT2D eigenvalue weighted by molar-refractivity contribution is 6.42. The average molecular weight is 375 g/mol. The van der Waals surface area contributed by atoms with E-state index in [2.05, 4.69) is 34.1 Å². The third kappa shape index (κ3) is 3.26. The molecule has 0 aromatic heterocycles. The monoisotopic (exact) mass is 374 g/mol. The zero-order valence-corrected chi connectivity index (χ0v) is 15.7. The largest absolute Gasteiger partial charge is 0.341 e. The topological polar surface area (TPSA) is 53.6 Å². The standard InChI is InChI=1S/C19H20Cl2N4/c1-10-8-22-17-9-23-19(25-18(10)17)13-5-11(2)24-16(7-13)12-3-4-14(20)15(21)6-12/h3-4,6,8-9,11,13,16,24H,5,7H2,1-2H3,(H,23,25). The van der Waals surface area contributed by atoms with Crippen LogP contribution in [0.25, 0.3) is 11.4 Å². The van der Waals surface area contributed by atoms with E-state index in [1.807, 2.05) is 30.6 Å². The number of nitrogens with zero attached hydrogens (tertiary/aromatic N) is 2. The second-order valence-corrected chi connectivity index (χ2v) is 7.75. The number of aryl methyl sites for hydroxylation is 1. The van der Waals surface area contributed by atoms with Crippen LogP contribution in [0.3, 0.4) is 0 Å². The number of nitrogens with one attached hydrogen (secondary N) is 2. The van der Waals surface area contributed by atoms with Gasteiger partial charge in [-0.2, -0.15) is 0 Å². The molecule has 3 aliphatic rings. The van der Waals surface area contributed by atoms with Gasteiger partial charge in [-0.1, -0.05) is 29.3 Å². The van der Waals surface area contributed by atoms with Gasteiger partial charge in [-0.3, -0.25) is 4.98 Å². The lowest BCUT2D eigenvalue weighted by atomic mass is 9.85. The molecule has 0 saturated carbocycles. The van der Waals surface area contributed by atoms with Crippen LogP contribution < -0.4 is 5.32 Å². The highest BCUT2D eigenvalue weighted by Crippen LogP contribution is 2.37. The van der Waals surface area contributed by atoms with Crippen LogP contribution in [0, 0.1) is 6.92 Å². The summed E-state index contributed by atoms with van der Waals surface area (Å²) in [4.78, 5) is 12.5. The van der Waals surface area contributed by atoms with Gasteiger partial charge in [0.15, 0.2) is 0 Å². The summed E-state index contributed by atoms with van der Waals surface area (Å²) in [6.07, 6.45) is 5.76. The first kappa shape index (κ1) is 16.8. The summed E-state index contributed by atoms with van der Waals surface area (Å²) in [5, 5.41) is 4.85. The van der Waals surface area contributed by atoms with E-state index in [0.29, 0.717) is 22.0 Å². The Morgan fingerprint density at radius 2 is 1.92 bits per heavy atom. The number of aromatic nitrogens is 3. The zero-order valence-electron chi connectivity index (χ0n) is 14.2. The van der Waals surface area contributed by atoms with Crippen LogP contribution in [0.1, 0.15) is 48.7 Å². The van der Waals surface area contributed by atoms with Crippen molar-refractivity contribution in [2.24, 2.45) is 0 Å². The normalized spacial score (nSPS) is 23.9. The Morgan fingerprint density at radius 1 is 1.08 bits per heavy atom. The minimum absolute atomic E-state index is 0.230. The molecule has 0 aliphatic carbocycles. The van der Waals surface area contributed by atoms with Crippen molar-refractivity contribution in [2.75, 3.05) is 0 Å². The quantitative estimate of drug-likeness (QED) is 0.654. The van der Waals surface area contributed by atoms with E-state index >= 15 is 0 Å². The molecule has 1 saturated heterocycles. The maximum atomic E-state index is 6.21. The summed E-state index contributed by atoms with van der Waals surface area (Å²) >= 11 is 12.3. The Morgan fingerprint density at radius 3 is 2.72 bits per heavy atom. The van der Waals surface area contributed by atoms with Crippen molar-refractivity contribution in [2.45, 2.75) is 44.7 Å². The first-order valence-electron chi connectivity index (χ1n) is 8.52. The molecule has 4 nitrogen and oxygen atoms in total. The lowest BCUT2D eigenvalue weighted by Crippen LogP contribution is -2.38. The summed E-state index contributed by atoms with van der Waals surface area (Å²) < 4.78 is 0. The van der Waals surface area contributed by atoms with Gasteiger partial charge in [0.1, 0.15) is 11.5 Å². The third-order valence-corrected chi connectivity index (χ3v) is 5.74. The molecule has 2 N–H and O–H groups in total. The predicted octanol–water partition coefficient (Wildman–Crippen LogP) is 5.12. The molecular weight excluding hydrogens is 355 g/mol. The second kappa shape index (κ2) is 6.60. The molecule has 0 spiro atoms. The van der Waals surface area contributed by atoms with Gasteiger partial charge in [-0.25, -0.2) is 4.98 Å². The van der Waals surface area contributed by atoms with E-state index in [0.717, 1.165) is 41.2 Å². The van der Waals surface area contributed by atoms with E-state index in [-0.39, 0.29) is 6.04 Å². The minimum Gasteiger partial charge on any atom is -0.341 e. The minimum atomic E-state index is 0.230. The molecule has 4 rings (SSSR count). The van der Waals surface area contributed by atoms with Crippen LogP contribution in [0.2, 0.25) is 10.0 Å². The van der Waals surface area contributed by atoms with Crippen molar-refractivity contribution in [3.63, 3.8) is 0 Å². The Balaban J connectivity index is 1.64. The molecule has 1 fully saturated rings. The Bertz CT molecular complexity index is 876. The molecule has 130 valence electrons. The van der Waals surface area contributed by atoms with Gasteiger partial charge >= 0.3 is 0 Å². The smallest absolute Gasteiger partial charge is 0.109 e. The number of hydrogen-bond donors (Lipinski definition) is 2. The van der Waals surface area contributed by atoms with E-state index in [4.69, 9.17) is 23.2 Å². The Hall–Kier alpha value is -1.62. The highest BCUT2D eigenvalue weighted by Gasteiger charge is 2.30. The van der Waals surface area contributed by atoms with Crippen LogP contribution >= 0.6 is 23.2 Å². The molecule has 3 unspecified atom stereocenters. The first-order chi connectivity index (χ1) is 12.0. The lowest BCUT2D eigenvalue weighted by Gasteiger charge is -2.35. The van der Waals surface area contributed by atoms with Crippen molar-refractivity contribution in [3.05, 3.63) is 57.6 Å². The summed E-state index contributed by atoms with van der Waals surface area (Å²) in [5.74, 6) is 1.39. The highest BCUT2D eigenvalue weighted by atomic mass is 35.5. The second-order valence-electron chi connectivity index (χ2n) is 6.93. The molecule has 3 atom stereocenters. The van der Waals surface area contributed by atoms with Gasteiger partial charge in [0.05, 0.1) is 21.9 Å². The van der Waals surface area contributed by atoms with Crippen molar-refractivity contribution in [1.29, 1.82) is 0 Å². The van der Waals surface area contributed by atoms with Crippen molar-refractivity contribution >= 4 is 23.2 Å². The van der Waals surface area contributed by atoms with Gasteiger partial charge in [0.25, 0.3) is 0 Å². The molecular formula is C19H20Cl2N4. The lowest BCUT2D eigenvalue weighted by molar-refractivity contribution is 0.299. The number of aromatic amines is 1. The third-order valence-electron chi connectivity index (χ3n) is 5.00. The molecule has 6 heteroatoms. The number of piperidine rings is 1. The molecule has 1 aromatic carbocycles. The molecule has 0 bridgehead atoms. The number of halogens is 2. The van der Waals surface area contributed by atoms with E-state index in [1.165, 1.54) is 0 Å². The van der Waals surface area contributed by atoms with Crippen LogP contribution in [-0.4, -0.2) is 21.0 Å². The SMILES string of the molecule is Cc1cnc2cnc(C3CC(C)NC(c4ccc(Cl)c(Cl)c4)C3)[nH]c1-2. The molecule has 0 amide bonds. The zero-order chi connectivity index (χ0) is 17.6. The molecule has 1 aromatic rings. The molecule has 0 radical (unpaired) electrons. The summed E-state index contributed by atoms with van der Waals surface area (Å²) in [6, 6.07) is 6.50. The average Bonchev–Trinajstić information content (AvgIpc) is 2.97. The summed E-state index contributed by atoms with van der Waals surface area (Å²) in [6.45, 7) is 4.28. The van der Waals surface area contributed by atoms with Gasteiger partial charge in [0, 0.05) is 24.2 Å². The van der Waals surface area contributed by atoms with Gasteiger partial charge in [0.2, 0.25) is 0 Å². The van der Waals surface area contributed by atoms with Crippen LogP contribution in [0.5, 0.6) is 0 Å². The van der Waals surface area contributed by atoms with Crippen LogP contribution in [0.15, 0.2) is 30.6 Å². The van der Waals surface area contributed by atoms with Crippen LogP contribution in [0.4, 0.5) is 0 Å². The summed E-state index contributed by atoms with van der Waals surface area (Å²) in [5.41, 5.74) is 4.33. The van der Waals surface area contributed by atoms with Crippen LogP contribution in [-0.2, 0) is 0 Å². The Labute approximate surface area is 157 Å². The van der Waals surface area contributed by atoms with E-state index in [1.54, 1.807) is 0 Å². The Kier molecular flexibility index (Phi) is 4.44. The van der Waals surface area contributed by atoms with Crippen molar-refractivity contribution < 1.29 is 0 Å². The number of hydrogen-bond acceptors (Lipinski definition) is 3. The first-order valence-corrected chi connectivity index (χ1v) is 9.28. The number of rotatable bonds is 2. The number of benzene rings is 1. The van der Waals surface area contributed by atoms with Gasteiger partial charge in [-0.05, 0) is 49.9 Å². The van der Waals surface area contributed by atoms with Gasteiger partial charge < -0.3 is 10.3 Å². The predicted molar refractivity (Wildman–Crippen MR) is 102 cm³/mol. The maximum Gasteiger partial charge on any atom is 0.109 e. The van der Waals surface area contributed by atoms with Crippen molar-refractivity contribution in [1.82, 2.24) is 20.3 Å². The fourth-order valence-electron chi connectivity index (χ4n) is 3.73. The molecule has 3 heterocycles. The number of H-pyrrole nitrogens is 1. The molecule has 25 heavy (non-hydrogen) atoms. The fraction of sp³-hybridized carbons (Fsp3) is 0.368. The maximum absolute atomic E-state index is 6.21. The molecule has 3 aliphatic heterocycles. The van der Waals surface area contributed by atoms with E-state index < -0.39 is 0 Å².